The van der Waals surface area contributed by atoms with Crippen LogP contribution in [-0.4, -0.2) is 75.6 Å². The minimum absolute atomic E-state index is 0.0457. The van der Waals surface area contributed by atoms with Crippen molar-refractivity contribution in [2.45, 2.75) is 51.6 Å². The van der Waals surface area contributed by atoms with Crippen LogP contribution < -0.4 is 9.46 Å². The van der Waals surface area contributed by atoms with E-state index in [2.05, 4.69) is 10.8 Å². The Balaban J connectivity index is 1.69. The molecule has 2 aliphatic heterocycles. The number of likely N-dealkylation sites (N-methyl/N-ethyl adjacent to an activating group) is 1. The van der Waals surface area contributed by atoms with Gasteiger partial charge in [-0.05, 0) is 56.1 Å². The quantitative estimate of drug-likeness (QED) is 0.734. The van der Waals surface area contributed by atoms with Gasteiger partial charge < -0.3 is 14.5 Å². The average molecular weight is 466 g/mol. The molecule has 3 rings (SSSR count). The maximum absolute atomic E-state index is 13.0. The highest BCUT2D eigenvalue weighted by molar-refractivity contribution is 7.88. The molecule has 178 valence electrons. The summed E-state index contributed by atoms with van der Waals surface area (Å²) >= 11 is 0. The molecule has 1 fully saturated rings. The second kappa shape index (κ2) is 10.2. The first-order valence-electron chi connectivity index (χ1n) is 11.3. The van der Waals surface area contributed by atoms with Gasteiger partial charge in [-0.25, -0.2) is 13.1 Å². The van der Waals surface area contributed by atoms with Crippen molar-refractivity contribution >= 4 is 21.8 Å². The van der Waals surface area contributed by atoms with E-state index in [0.29, 0.717) is 19.6 Å². The van der Waals surface area contributed by atoms with Crippen molar-refractivity contribution in [3.8, 4) is 5.75 Å². The van der Waals surface area contributed by atoms with E-state index < -0.39 is 16.1 Å². The molecule has 0 saturated carbocycles. The van der Waals surface area contributed by atoms with Crippen LogP contribution in [0, 0.1) is 5.41 Å². The second-order valence-electron chi connectivity index (χ2n) is 9.24. The molecule has 0 bridgehead atoms. The monoisotopic (exact) mass is 465 g/mol. The van der Waals surface area contributed by atoms with Gasteiger partial charge in [-0.1, -0.05) is 24.6 Å². The molecule has 2 aliphatic rings. The summed E-state index contributed by atoms with van der Waals surface area (Å²) in [6.45, 7) is 3.36. The van der Waals surface area contributed by atoms with E-state index in [9.17, 15) is 18.0 Å². The Bertz CT molecular complexity index is 925. The minimum Gasteiger partial charge on any atom is -0.481 e. The van der Waals surface area contributed by atoms with Crippen LogP contribution in [0.5, 0.6) is 5.75 Å². The SMILES string of the molecule is C[C@H]1Oc2ccccc2CCCCC2(CCN(C(=O)CNS(C)(=O)=O)CC2)CN(C)C1=O. The van der Waals surface area contributed by atoms with Crippen molar-refractivity contribution in [2.24, 2.45) is 5.41 Å². The Morgan fingerprint density at radius 3 is 2.56 bits per heavy atom. The highest BCUT2D eigenvalue weighted by atomic mass is 32.2. The zero-order chi connectivity index (χ0) is 23.4. The maximum Gasteiger partial charge on any atom is 0.263 e. The number of likely N-dealkylation sites (tertiary alicyclic amines) is 1. The van der Waals surface area contributed by atoms with Gasteiger partial charge in [0, 0.05) is 26.7 Å². The minimum atomic E-state index is -3.40. The fourth-order valence-electron chi connectivity index (χ4n) is 4.80. The number of nitrogens with one attached hydrogen (secondary N) is 1. The smallest absolute Gasteiger partial charge is 0.263 e. The van der Waals surface area contributed by atoms with Crippen LogP contribution in [0.4, 0.5) is 0 Å². The number of carbonyl (C=O) groups is 2. The van der Waals surface area contributed by atoms with Gasteiger partial charge in [0.05, 0.1) is 12.8 Å². The molecule has 1 N–H and O–H groups in total. The molecule has 1 spiro atoms. The number of para-hydroxylation sites is 1. The number of ether oxygens (including phenoxy) is 1. The maximum atomic E-state index is 13.0. The van der Waals surface area contributed by atoms with Crippen molar-refractivity contribution in [2.75, 3.05) is 39.5 Å². The summed E-state index contributed by atoms with van der Waals surface area (Å²) in [7, 11) is -1.57. The number of piperidine rings is 1. The van der Waals surface area contributed by atoms with Gasteiger partial charge in [0.2, 0.25) is 15.9 Å². The molecule has 2 heterocycles. The third-order valence-corrected chi connectivity index (χ3v) is 7.31. The fraction of sp³-hybridized carbons (Fsp3) is 0.652. The Kier molecular flexibility index (Phi) is 7.82. The molecule has 1 aromatic carbocycles. The molecule has 1 saturated heterocycles. The van der Waals surface area contributed by atoms with Crippen LogP contribution in [0.25, 0.3) is 0 Å². The molecular formula is C23H35N3O5S. The van der Waals surface area contributed by atoms with Gasteiger partial charge in [-0.15, -0.1) is 0 Å². The average Bonchev–Trinajstić information content (AvgIpc) is 2.75. The zero-order valence-corrected chi connectivity index (χ0v) is 20.1. The summed E-state index contributed by atoms with van der Waals surface area (Å²) in [5.41, 5.74) is 1.08. The Morgan fingerprint density at radius 1 is 1.19 bits per heavy atom. The number of fused-ring (bicyclic) bond motifs is 1. The molecule has 0 aliphatic carbocycles. The molecule has 0 unspecified atom stereocenters. The number of amides is 2. The highest BCUT2D eigenvalue weighted by Crippen LogP contribution is 2.38. The van der Waals surface area contributed by atoms with Crippen LogP contribution in [-0.2, 0) is 26.0 Å². The normalized spacial score (nSPS) is 22.5. The third kappa shape index (κ3) is 6.45. The summed E-state index contributed by atoms with van der Waals surface area (Å²) < 4.78 is 30.9. The lowest BCUT2D eigenvalue weighted by Crippen LogP contribution is -2.51. The van der Waals surface area contributed by atoms with Crippen molar-refractivity contribution in [3.63, 3.8) is 0 Å². The number of benzene rings is 1. The predicted octanol–water partition coefficient (Wildman–Crippen LogP) is 1.80. The summed E-state index contributed by atoms with van der Waals surface area (Å²) in [5.74, 6) is 0.531. The molecule has 0 aromatic heterocycles. The summed E-state index contributed by atoms with van der Waals surface area (Å²) in [5, 5.41) is 0. The Morgan fingerprint density at radius 2 is 1.88 bits per heavy atom. The van der Waals surface area contributed by atoms with E-state index in [0.717, 1.165) is 56.1 Å². The molecule has 8 nitrogen and oxygen atoms in total. The molecule has 32 heavy (non-hydrogen) atoms. The largest absolute Gasteiger partial charge is 0.481 e. The summed E-state index contributed by atoms with van der Waals surface area (Å²) in [6.07, 6.45) is 6.04. The summed E-state index contributed by atoms with van der Waals surface area (Å²) in [6, 6.07) is 7.92. The first-order chi connectivity index (χ1) is 15.1. The number of hydrogen-bond acceptors (Lipinski definition) is 5. The lowest BCUT2D eigenvalue weighted by Gasteiger charge is -2.44. The first kappa shape index (κ1) is 24.5. The van der Waals surface area contributed by atoms with Crippen LogP contribution in [0.1, 0.15) is 44.6 Å². The zero-order valence-electron chi connectivity index (χ0n) is 19.3. The molecule has 2 amide bonds. The second-order valence-corrected chi connectivity index (χ2v) is 11.1. The lowest BCUT2D eigenvalue weighted by molar-refractivity contribution is -0.140. The van der Waals surface area contributed by atoms with E-state index in [1.165, 1.54) is 0 Å². The number of hydrogen-bond donors (Lipinski definition) is 1. The van der Waals surface area contributed by atoms with Crippen molar-refractivity contribution in [1.29, 1.82) is 0 Å². The standard InChI is InChI=1S/C23H35N3O5S/c1-18-22(28)25(2)17-23(11-7-6-9-19-8-4-5-10-20(19)31-18)12-14-26(15-13-23)21(27)16-24-32(3,29)30/h4-5,8,10,18,24H,6-7,9,11-17H2,1-3H3/t18-/m1/s1. The molecule has 1 atom stereocenters. The van der Waals surface area contributed by atoms with E-state index in [-0.39, 0.29) is 23.8 Å². The van der Waals surface area contributed by atoms with Gasteiger partial charge >= 0.3 is 0 Å². The summed E-state index contributed by atoms with van der Waals surface area (Å²) in [4.78, 5) is 28.9. The fourth-order valence-corrected chi connectivity index (χ4v) is 5.18. The topological polar surface area (TPSA) is 96.0 Å². The van der Waals surface area contributed by atoms with Gasteiger partial charge in [-0.3, -0.25) is 9.59 Å². The lowest BCUT2D eigenvalue weighted by atomic mass is 9.73. The Labute approximate surface area is 191 Å². The van der Waals surface area contributed by atoms with E-state index >= 15 is 0 Å². The number of carbonyl (C=O) groups excluding carboxylic acids is 2. The number of nitrogens with zero attached hydrogens (tertiary/aromatic N) is 2. The van der Waals surface area contributed by atoms with Gasteiger partial charge in [-0.2, -0.15) is 0 Å². The molecule has 0 radical (unpaired) electrons. The van der Waals surface area contributed by atoms with Gasteiger partial charge in [0.25, 0.3) is 5.91 Å². The van der Waals surface area contributed by atoms with Gasteiger partial charge in [0.1, 0.15) is 5.75 Å². The number of sulfonamides is 1. The first-order valence-corrected chi connectivity index (χ1v) is 13.2. The van der Waals surface area contributed by atoms with Crippen molar-refractivity contribution in [3.05, 3.63) is 29.8 Å². The van der Waals surface area contributed by atoms with Crippen molar-refractivity contribution < 1.29 is 22.7 Å². The predicted molar refractivity (Wildman–Crippen MR) is 123 cm³/mol. The number of rotatable bonds is 3. The highest BCUT2D eigenvalue weighted by Gasteiger charge is 2.38. The third-order valence-electron chi connectivity index (χ3n) is 6.64. The Hall–Kier alpha value is -2.13. The molecule has 9 heteroatoms. The van der Waals surface area contributed by atoms with Crippen LogP contribution in [0.2, 0.25) is 0 Å². The van der Waals surface area contributed by atoms with E-state index in [4.69, 9.17) is 4.74 Å². The van der Waals surface area contributed by atoms with Crippen LogP contribution >= 0.6 is 0 Å². The number of aryl methyl sites for hydroxylation is 1. The van der Waals surface area contributed by atoms with Crippen LogP contribution in [0.3, 0.4) is 0 Å². The molecular weight excluding hydrogens is 430 g/mol. The van der Waals surface area contributed by atoms with E-state index in [1.54, 1.807) is 16.7 Å². The van der Waals surface area contributed by atoms with Gasteiger partial charge in [0.15, 0.2) is 6.10 Å². The van der Waals surface area contributed by atoms with Crippen molar-refractivity contribution in [1.82, 2.24) is 14.5 Å². The van der Waals surface area contributed by atoms with E-state index in [1.807, 2.05) is 25.2 Å². The molecule has 1 aromatic rings. The van der Waals surface area contributed by atoms with Crippen LogP contribution in [0.15, 0.2) is 24.3 Å².